The van der Waals surface area contributed by atoms with Gasteiger partial charge in [0, 0.05) is 13.1 Å². The van der Waals surface area contributed by atoms with Crippen LogP contribution < -0.4 is 10.6 Å². The zero-order valence-electron chi connectivity index (χ0n) is 10.9. The highest BCUT2D eigenvalue weighted by Gasteiger charge is 2.38. The van der Waals surface area contributed by atoms with Crippen LogP contribution in [-0.2, 0) is 9.59 Å². The number of hydrogen-bond acceptors (Lipinski definition) is 3. The quantitative estimate of drug-likeness (QED) is 0.686. The maximum absolute atomic E-state index is 12.1. The van der Waals surface area contributed by atoms with Gasteiger partial charge in [0.05, 0.1) is 11.3 Å². The first kappa shape index (κ1) is 13.3. The lowest BCUT2D eigenvalue weighted by molar-refractivity contribution is -0.143. The first-order valence-electron chi connectivity index (χ1n) is 6.75. The minimum absolute atomic E-state index is 0.0588. The van der Waals surface area contributed by atoms with E-state index in [2.05, 4.69) is 10.6 Å². The topological polar surface area (TPSA) is 78.4 Å². The predicted octanol–water partition coefficient (Wildman–Crippen LogP) is 0.603. The highest BCUT2D eigenvalue weighted by atomic mass is 16.4. The number of carbonyl (C=O) groups is 2. The Morgan fingerprint density at radius 2 is 2.22 bits per heavy atom. The van der Waals surface area contributed by atoms with Crippen LogP contribution in [0, 0.1) is 17.3 Å². The van der Waals surface area contributed by atoms with Gasteiger partial charge in [-0.25, -0.2) is 0 Å². The molecule has 0 aromatic rings. The molecule has 3 N–H and O–H groups in total. The molecule has 0 spiro atoms. The van der Waals surface area contributed by atoms with Crippen LogP contribution in [0.15, 0.2) is 0 Å². The SMILES string of the molecule is CC1(C(=O)NCC2CCCC2C(=O)O)CCNC1. The summed E-state index contributed by atoms with van der Waals surface area (Å²) in [4.78, 5) is 23.2. The van der Waals surface area contributed by atoms with E-state index in [-0.39, 0.29) is 23.2 Å². The number of amides is 1. The summed E-state index contributed by atoms with van der Waals surface area (Å²) in [6.45, 7) is 4.06. The molecule has 1 saturated carbocycles. The number of carboxylic acid groups (broad SMARTS) is 1. The fourth-order valence-electron chi connectivity index (χ4n) is 3.05. The van der Waals surface area contributed by atoms with E-state index in [9.17, 15) is 9.59 Å². The molecule has 2 fully saturated rings. The van der Waals surface area contributed by atoms with Gasteiger partial charge >= 0.3 is 5.97 Å². The third-order valence-electron chi connectivity index (χ3n) is 4.42. The molecule has 0 bridgehead atoms. The molecule has 1 heterocycles. The van der Waals surface area contributed by atoms with E-state index < -0.39 is 5.97 Å². The van der Waals surface area contributed by atoms with Gasteiger partial charge in [-0.15, -0.1) is 0 Å². The van der Waals surface area contributed by atoms with Crippen molar-refractivity contribution in [3.8, 4) is 0 Å². The second-order valence-corrected chi connectivity index (χ2v) is 5.83. The van der Waals surface area contributed by atoms with Crippen LogP contribution in [0.2, 0.25) is 0 Å². The van der Waals surface area contributed by atoms with E-state index in [0.717, 1.165) is 32.2 Å². The van der Waals surface area contributed by atoms with Crippen molar-refractivity contribution in [2.45, 2.75) is 32.6 Å². The molecule has 1 saturated heterocycles. The van der Waals surface area contributed by atoms with Gasteiger partial charge in [0.2, 0.25) is 5.91 Å². The van der Waals surface area contributed by atoms with E-state index in [1.165, 1.54) is 0 Å². The predicted molar refractivity (Wildman–Crippen MR) is 67.1 cm³/mol. The summed E-state index contributed by atoms with van der Waals surface area (Å²) in [7, 11) is 0. The van der Waals surface area contributed by atoms with Crippen molar-refractivity contribution in [2.24, 2.45) is 17.3 Å². The summed E-state index contributed by atoms with van der Waals surface area (Å²) in [5.74, 6) is -0.840. The van der Waals surface area contributed by atoms with Crippen molar-refractivity contribution >= 4 is 11.9 Å². The van der Waals surface area contributed by atoms with Crippen LogP contribution in [0.25, 0.3) is 0 Å². The van der Waals surface area contributed by atoms with Gasteiger partial charge in [-0.3, -0.25) is 9.59 Å². The van der Waals surface area contributed by atoms with Crippen LogP contribution >= 0.6 is 0 Å². The molecule has 3 atom stereocenters. The standard InChI is InChI=1S/C13H22N2O3/c1-13(5-6-14-8-13)12(18)15-7-9-3-2-4-10(9)11(16)17/h9-10,14H,2-8H2,1H3,(H,15,18)(H,16,17). The van der Waals surface area contributed by atoms with Crippen LogP contribution in [0.1, 0.15) is 32.6 Å². The molecule has 1 amide bonds. The van der Waals surface area contributed by atoms with E-state index in [0.29, 0.717) is 13.1 Å². The van der Waals surface area contributed by atoms with Crippen molar-refractivity contribution in [2.75, 3.05) is 19.6 Å². The van der Waals surface area contributed by atoms with Crippen molar-refractivity contribution in [3.05, 3.63) is 0 Å². The zero-order valence-corrected chi connectivity index (χ0v) is 10.9. The second-order valence-electron chi connectivity index (χ2n) is 5.83. The van der Waals surface area contributed by atoms with Crippen molar-refractivity contribution in [1.29, 1.82) is 0 Å². The Morgan fingerprint density at radius 3 is 2.83 bits per heavy atom. The van der Waals surface area contributed by atoms with E-state index in [1.807, 2.05) is 6.92 Å². The molecule has 5 heteroatoms. The molecule has 2 rings (SSSR count). The van der Waals surface area contributed by atoms with E-state index in [1.54, 1.807) is 0 Å². The van der Waals surface area contributed by atoms with Crippen LogP contribution in [0.5, 0.6) is 0 Å². The van der Waals surface area contributed by atoms with E-state index >= 15 is 0 Å². The van der Waals surface area contributed by atoms with Crippen molar-refractivity contribution in [3.63, 3.8) is 0 Å². The maximum atomic E-state index is 12.1. The van der Waals surface area contributed by atoms with Gasteiger partial charge in [-0.1, -0.05) is 6.42 Å². The number of hydrogen-bond donors (Lipinski definition) is 3. The van der Waals surface area contributed by atoms with Crippen molar-refractivity contribution < 1.29 is 14.7 Å². The fourth-order valence-corrected chi connectivity index (χ4v) is 3.05. The molecular formula is C13H22N2O3. The molecule has 5 nitrogen and oxygen atoms in total. The average molecular weight is 254 g/mol. The first-order valence-corrected chi connectivity index (χ1v) is 6.75. The molecule has 0 aromatic heterocycles. The molecule has 18 heavy (non-hydrogen) atoms. The third-order valence-corrected chi connectivity index (χ3v) is 4.42. The Hall–Kier alpha value is -1.10. The lowest BCUT2D eigenvalue weighted by Gasteiger charge is -2.24. The van der Waals surface area contributed by atoms with Gasteiger partial charge in [0.1, 0.15) is 0 Å². The maximum Gasteiger partial charge on any atom is 0.306 e. The molecule has 102 valence electrons. The Morgan fingerprint density at radius 1 is 1.44 bits per heavy atom. The lowest BCUT2D eigenvalue weighted by atomic mass is 9.88. The molecule has 0 aromatic carbocycles. The number of aliphatic carboxylic acids is 1. The number of carbonyl (C=O) groups excluding carboxylic acids is 1. The lowest BCUT2D eigenvalue weighted by Crippen LogP contribution is -2.43. The van der Waals surface area contributed by atoms with E-state index in [4.69, 9.17) is 5.11 Å². The van der Waals surface area contributed by atoms with Crippen molar-refractivity contribution in [1.82, 2.24) is 10.6 Å². The Bertz CT molecular complexity index is 337. The number of nitrogens with one attached hydrogen (secondary N) is 2. The Labute approximate surface area is 107 Å². The summed E-state index contributed by atoms with van der Waals surface area (Å²) < 4.78 is 0. The highest BCUT2D eigenvalue weighted by molar-refractivity contribution is 5.83. The van der Waals surface area contributed by atoms with Gasteiger partial charge in [-0.2, -0.15) is 0 Å². The summed E-state index contributed by atoms with van der Waals surface area (Å²) in [6, 6.07) is 0. The molecule has 2 aliphatic rings. The normalized spacial score (nSPS) is 35.6. The van der Waals surface area contributed by atoms with Gasteiger partial charge in [0.15, 0.2) is 0 Å². The van der Waals surface area contributed by atoms with Crippen LogP contribution in [0.4, 0.5) is 0 Å². The first-order chi connectivity index (χ1) is 8.53. The number of carboxylic acids is 1. The average Bonchev–Trinajstić information content (AvgIpc) is 2.95. The second kappa shape index (κ2) is 5.26. The Balaban J connectivity index is 1.84. The minimum atomic E-state index is -0.722. The van der Waals surface area contributed by atoms with Crippen LogP contribution in [0.3, 0.4) is 0 Å². The smallest absolute Gasteiger partial charge is 0.306 e. The zero-order chi connectivity index (χ0) is 13.2. The monoisotopic (exact) mass is 254 g/mol. The minimum Gasteiger partial charge on any atom is -0.481 e. The van der Waals surface area contributed by atoms with Gasteiger partial charge in [-0.05, 0) is 38.6 Å². The Kier molecular flexibility index (Phi) is 3.90. The summed E-state index contributed by atoms with van der Waals surface area (Å²) in [6.07, 6.45) is 3.46. The molecule has 3 unspecified atom stereocenters. The molecular weight excluding hydrogens is 232 g/mol. The molecule has 1 aliphatic carbocycles. The number of rotatable bonds is 4. The van der Waals surface area contributed by atoms with Gasteiger partial charge < -0.3 is 15.7 Å². The van der Waals surface area contributed by atoms with Crippen LogP contribution in [-0.4, -0.2) is 36.6 Å². The molecule has 0 radical (unpaired) electrons. The largest absolute Gasteiger partial charge is 0.481 e. The summed E-state index contributed by atoms with van der Waals surface area (Å²) >= 11 is 0. The summed E-state index contributed by atoms with van der Waals surface area (Å²) in [5.41, 5.74) is -0.322. The molecule has 1 aliphatic heterocycles. The fraction of sp³-hybridized carbons (Fsp3) is 0.846. The third kappa shape index (κ3) is 2.66. The summed E-state index contributed by atoms with van der Waals surface area (Å²) in [5, 5.41) is 15.2. The van der Waals surface area contributed by atoms with Gasteiger partial charge in [0.25, 0.3) is 0 Å². The highest BCUT2D eigenvalue weighted by Crippen LogP contribution is 2.32.